The molecule has 0 saturated heterocycles. The Morgan fingerprint density at radius 3 is 2.62 bits per heavy atom. The predicted molar refractivity (Wildman–Crippen MR) is 105 cm³/mol. The maximum Gasteiger partial charge on any atom is 0.191 e. The van der Waals surface area contributed by atoms with E-state index < -0.39 is 11.6 Å². The second kappa shape index (κ2) is 9.87. The lowest BCUT2D eigenvalue weighted by atomic mass is 10.2. The molecule has 0 amide bonds. The zero-order valence-corrected chi connectivity index (χ0v) is 17.0. The van der Waals surface area contributed by atoms with E-state index in [2.05, 4.69) is 20.6 Å². The SMILES string of the molecule is CCNC(=NCc1cc(F)ccc1F)NCc1sc(C)nc1C.I. The average Bonchev–Trinajstić information content (AvgIpc) is 2.83. The summed E-state index contributed by atoms with van der Waals surface area (Å²) >= 11 is 1.63. The summed E-state index contributed by atoms with van der Waals surface area (Å²) < 4.78 is 26.8. The van der Waals surface area contributed by atoms with Gasteiger partial charge < -0.3 is 10.6 Å². The lowest BCUT2D eigenvalue weighted by molar-refractivity contribution is 0.585. The third-order valence-electron chi connectivity index (χ3n) is 3.18. The molecular formula is C16H21F2IN4S. The van der Waals surface area contributed by atoms with Gasteiger partial charge in [-0.25, -0.2) is 18.8 Å². The van der Waals surface area contributed by atoms with Crippen LogP contribution in [0.3, 0.4) is 0 Å². The van der Waals surface area contributed by atoms with Crippen LogP contribution < -0.4 is 10.6 Å². The maximum atomic E-state index is 13.6. The first kappa shape index (κ1) is 20.8. The van der Waals surface area contributed by atoms with Crippen molar-refractivity contribution in [3.8, 4) is 0 Å². The molecule has 0 aliphatic rings. The Hall–Kier alpha value is -1.29. The zero-order valence-electron chi connectivity index (χ0n) is 13.8. The van der Waals surface area contributed by atoms with Gasteiger partial charge in [0.2, 0.25) is 0 Å². The van der Waals surface area contributed by atoms with Gasteiger partial charge in [-0.15, -0.1) is 35.3 Å². The van der Waals surface area contributed by atoms with Crippen molar-refractivity contribution in [1.29, 1.82) is 0 Å². The van der Waals surface area contributed by atoms with Crippen LogP contribution in [-0.4, -0.2) is 17.5 Å². The first-order chi connectivity index (χ1) is 11.0. The molecular weight excluding hydrogens is 445 g/mol. The molecule has 0 aliphatic carbocycles. The number of thiazole rings is 1. The van der Waals surface area contributed by atoms with E-state index in [1.807, 2.05) is 20.8 Å². The molecule has 0 radical (unpaired) electrons. The smallest absolute Gasteiger partial charge is 0.191 e. The Kier molecular flexibility index (Phi) is 8.54. The van der Waals surface area contributed by atoms with E-state index in [4.69, 9.17) is 0 Å². The van der Waals surface area contributed by atoms with Gasteiger partial charge in [0.1, 0.15) is 11.6 Å². The van der Waals surface area contributed by atoms with Crippen LogP contribution in [-0.2, 0) is 13.1 Å². The van der Waals surface area contributed by atoms with Crippen molar-refractivity contribution >= 4 is 41.3 Å². The van der Waals surface area contributed by atoms with Crippen molar-refractivity contribution in [2.45, 2.75) is 33.9 Å². The maximum absolute atomic E-state index is 13.6. The summed E-state index contributed by atoms with van der Waals surface area (Å²) in [6.07, 6.45) is 0. The molecule has 1 heterocycles. The molecule has 0 aliphatic heterocycles. The molecule has 132 valence electrons. The molecule has 8 heteroatoms. The Labute approximate surface area is 161 Å². The predicted octanol–water partition coefficient (Wildman–Crippen LogP) is 3.91. The quantitative estimate of drug-likeness (QED) is 0.399. The van der Waals surface area contributed by atoms with Gasteiger partial charge in [-0.05, 0) is 39.0 Å². The van der Waals surface area contributed by atoms with E-state index in [1.165, 1.54) is 6.07 Å². The Morgan fingerprint density at radius 2 is 2.00 bits per heavy atom. The number of aliphatic imine (C=N–C) groups is 1. The highest BCUT2D eigenvalue weighted by Gasteiger charge is 2.07. The molecule has 0 spiro atoms. The van der Waals surface area contributed by atoms with Gasteiger partial charge in [0.05, 0.1) is 23.8 Å². The van der Waals surface area contributed by atoms with Crippen LogP contribution >= 0.6 is 35.3 Å². The number of rotatable bonds is 5. The summed E-state index contributed by atoms with van der Waals surface area (Å²) in [6, 6.07) is 3.38. The van der Waals surface area contributed by atoms with Crippen LogP contribution in [0.4, 0.5) is 8.78 Å². The standard InChI is InChI=1S/C16H20F2N4S.HI/c1-4-19-16(21-9-15-10(2)22-11(3)23-15)20-8-12-7-13(17)5-6-14(12)18;/h5-7H,4,8-9H2,1-3H3,(H2,19,20,21);1H. The Morgan fingerprint density at radius 1 is 1.25 bits per heavy atom. The number of hydrogen-bond acceptors (Lipinski definition) is 3. The van der Waals surface area contributed by atoms with Gasteiger partial charge in [-0.1, -0.05) is 0 Å². The number of hydrogen-bond donors (Lipinski definition) is 2. The lowest BCUT2D eigenvalue weighted by Gasteiger charge is -2.11. The van der Waals surface area contributed by atoms with E-state index in [0.29, 0.717) is 19.0 Å². The fourth-order valence-corrected chi connectivity index (χ4v) is 2.95. The zero-order chi connectivity index (χ0) is 16.8. The summed E-state index contributed by atoms with van der Waals surface area (Å²) in [5, 5.41) is 7.30. The number of nitrogens with zero attached hydrogens (tertiary/aromatic N) is 2. The van der Waals surface area contributed by atoms with Gasteiger partial charge in [0, 0.05) is 17.0 Å². The number of benzene rings is 1. The number of guanidine groups is 1. The van der Waals surface area contributed by atoms with E-state index >= 15 is 0 Å². The highest BCUT2D eigenvalue weighted by molar-refractivity contribution is 14.0. The molecule has 0 fully saturated rings. The van der Waals surface area contributed by atoms with Gasteiger partial charge in [-0.2, -0.15) is 0 Å². The minimum atomic E-state index is -0.467. The summed E-state index contributed by atoms with van der Waals surface area (Å²) in [5.41, 5.74) is 1.22. The highest BCUT2D eigenvalue weighted by Crippen LogP contribution is 2.16. The van der Waals surface area contributed by atoms with E-state index in [9.17, 15) is 8.78 Å². The van der Waals surface area contributed by atoms with Crippen LogP contribution in [0.15, 0.2) is 23.2 Å². The van der Waals surface area contributed by atoms with E-state index in [0.717, 1.165) is 27.7 Å². The van der Waals surface area contributed by atoms with Crippen molar-refractivity contribution in [3.05, 3.63) is 51.0 Å². The van der Waals surface area contributed by atoms with Crippen molar-refractivity contribution < 1.29 is 8.78 Å². The number of aromatic nitrogens is 1. The summed E-state index contributed by atoms with van der Waals surface area (Å²) in [6.45, 7) is 7.22. The number of halogens is 3. The monoisotopic (exact) mass is 466 g/mol. The second-order valence-electron chi connectivity index (χ2n) is 5.03. The Balaban J connectivity index is 0.00000288. The normalized spacial score (nSPS) is 11.1. The first-order valence-electron chi connectivity index (χ1n) is 7.38. The molecule has 0 atom stereocenters. The van der Waals surface area contributed by atoms with Crippen LogP contribution in [0.5, 0.6) is 0 Å². The lowest BCUT2D eigenvalue weighted by Crippen LogP contribution is -2.36. The topological polar surface area (TPSA) is 49.3 Å². The summed E-state index contributed by atoms with van der Waals surface area (Å²) in [5.74, 6) is -0.369. The van der Waals surface area contributed by atoms with Crippen molar-refractivity contribution in [1.82, 2.24) is 15.6 Å². The minimum absolute atomic E-state index is 0. The summed E-state index contributed by atoms with van der Waals surface area (Å²) in [7, 11) is 0. The number of nitrogens with one attached hydrogen (secondary N) is 2. The average molecular weight is 466 g/mol. The molecule has 24 heavy (non-hydrogen) atoms. The molecule has 0 bridgehead atoms. The fourth-order valence-electron chi connectivity index (χ4n) is 2.07. The van der Waals surface area contributed by atoms with Crippen molar-refractivity contribution in [3.63, 3.8) is 0 Å². The summed E-state index contributed by atoms with van der Waals surface area (Å²) in [4.78, 5) is 9.82. The van der Waals surface area contributed by atoms with E-state index in [-0.39, 0.29) is 36.1 Å². The molecule has 2 rings (SSSR count). The molecule has 4 nitrogen and oxygen atoms in total. The molecule has 0 unspecified atom stereocenters. The third-order valence-corrected chi connectivity index (χ3v) is 4.25. The Bertz CT molecular complexity index is 703. The van der Waals surface area contributed by atoms with Gasteiger partial charge in [0.25, 0.3) is 0 Å². The molecule has 1 aromatic carbocycles. The third kappa shape index (κ3) is 5.97. The van der Waals surface area contributed by atoms with Gasteiger partial charge in [-0.3, -0.25) is 0 Å². The van der Waals surface area contributed by atoms with Crippen LogP contribution in [0.1, 0.15) is 28.1 Å². The molecule has 1 aromatic heterocycles. The molecule has 0 saturated carbocycles. The second-order valence-corrected chi connectivity index (χ2v) is 6.31. The number of aryl methyl sites for hydroxylation is 2. The fraction of sp³-hybridized carbons (Fsp3) is 0.375. The van der Waals surface area contributed by atoms with E-state index in [1.54, 1.807) is 11.3 Å². The van der Waals surface area contributed by atoms with Crippen molar-refractivity contribution in [2.75, 3.05) is 6.54 Å². The van der Waals surface area contributed by atoms with Crippen LogP contribution in [0.25, 0.3) is 0 Å². The van der Waals surface area contributed by atoms with Crippen LogP contribution in [0, 0.1) is 25.5 Å². The van der Waals surface area contributed by atoms with Gasteiger partial charge in [0.15, 0.2) is 5.96 Å². The minimum Gasteiger partial charge on any atom is -0.357 e. The van der Waals surface area contributed by atoms with Crippen LogP contribution in [0.2, 0.25) is 0 Å². The molecule has 2 aromatic rings. The highest BCUT2D eigenvalue weighted by atomic mass is 127. The molecule has 2 N–H and O–H groups in total. The van der Waals surface area contributed by atoms with Crippen molar-refractivity contribution in [2.24, 2.45) is 4.99 Å². The van der Waals surface area contributed by atoms with Gasteiger partial charge >= 0.3 is 0 Å². The first-order valence-corrected chi connectivity index (χ1v) is 8.20. The largest absolute Gasteiger partial charge is 0.357 e.